The van der Waals surface area contributed by atoms with Crippen LogP contribution in [-0.2, 0) is 0 Å². The van der Waals surface area contributed by atoms with Crippen LogP contribution in [0.3, 0.4) is 0 Å². The molecular formula is C13H20ClN3O. The van der Waals surface area contributed by atoms with Crippen molar-refractivity contribution in [2.24, 2.45) is 0 Å². The Balaban J connectivity index is 0.00000162. The maximum absolute atomic E-state index is 11.9. The second kappa shape index (κ2) is 6.61. The molecule has 1 aromatic carbocycles. The number of urea groups is 1. The predicted octanol–water partition coefficient (Wildman–Crippen LogP) is 2.24. The molecule has 0 spiro atoms. The molecule has 1 heterocycles. The number of amides is 2. The van der Waals surface area contributed by atoms with Crippen LogP contribution < -0.4 is 10.6 Å². The van der Waals surface area contributed by atoms with Crippen molar-refractivity contribution in [3.05, 3.63) is 29.8 Å². The average Bonchev–Trinajstić information content (AvgIpc) is 2.81. The van der Waals surface area contributed by atoms with Crippen LogP contribution in [0, 0.1) is 6.92 Å². The van der Waals surface area contributed by atoms with Gasteiger partial charge in [0.15, 0.2) is 0 Å². The number of likely N-dealkylation sites (N-methyl/N-ethyl adjacent to an activating group) is 1. The SMILES string of the molecule is CNC1CCN(C(=O)Nc2ccc(C)cc2)C1.Cl. The van der Waals surface area contributed by atoms with Crippen LogP contribution >= 0.6 is 12.4 Å². The van der Waals surface area contributed by atoms with Crippen LogP contribution in [0.4, 0.5) is 10.5 Å². The number of benzene rings is 1. The van der Waals surface area contributed by atoms with E-state index in [1.165, 1.54) is 5.56 Å². The summed E-state index contributed by atoms with van der Waals surface area (Å²) in [7, 11) is 1.94. The molecule has 1 aliphatic heterocycles. The number of nitrogens with zero attached hydrogens (tertiary/aromatic N) is 1. The summed E-state index contributed by atoms with van der Waals surface area (Å²) in [6.45, 7) is 3.64. The molecule has 1 fully saturated rings. The molecular weight excluding hydrogens is 250 g/mol. The quantitative estimate of drug-likeness (QED) is 0.865. The van der Waals surface area contributed by atoms with Crippen LogP contribution in [0.15, 0.2) is 24.3 Å². The van der Waals surface area contributed by atoms with E-state index < -0.39 is 0 Å². The summed E-state index contributed by atoms with van der Waals surface area (Å²) in [4.78, 5) is 13.8. The Labute approximate surface area is 114 Å². The van der Waals surface area contributed by atoms with E-state index >= 15 is 0 Å². The van der Waals surface area contributed by atoms with Gasteiger partial charge in [0.05, 0.1) is 0 Å². The van der Waals surface area contributed by atoms with Crippen molar-refractivity contribution < 1.29 is 4.79 Å². The lowest BCUT2D eigenvalue weighted by atomic mass is 10.2. The molecule has 100 valence electrons. The second-order valence-corrected chi connectivity index (χ2v) is 4.52. The minimum Gasteiger partial charge on any atom is -0.323 e. The maximum atomic E-state index is 11.9. The predicted molar refractivity (Wildman–Crippen MR) is 76.5 cm³/mol. The van der Waals surface area contributed by atoms with Crippen LogP contribution in [0.2, 0.25) is 0 Å². The highest BCUT2D eigenvalue weighted by atomic mass is 35.5. The highest BCUT2D eigenvalue weighted by Crippen LogP contribution is 2.13. The number of hydrogen-bond acceptors (Lipinski definition) is 2. The summed E-state index contributed by atoms with van der Waals surface area (Å²) in [5.74, 6) is 0. The number of anilines is 1. The highest BCUT2D eigenvalue weighted by molar-refractivity contribution is 5.89. The fraction of sp³-hybridized carbons (Fsp3) is 0.462. The van der Waals surface area contributed by atoms with Crippen molar-refractivity contribution in [1.29, 1.82) is 0 Å². The van der Waals surface area contributed by atoms with Gasteiger partial charge in [-0.3, -0.25) is 0 Å². The van der Waals surface area contributed by atoms with Gasteiger partial charge in [0, 0.05) is 24.8 Å². The second-order valence-electron chi connectivity index (χ2n) is 4.52. The summed E-state index contributed by atoms with van der Waals surface area (Å²) in [6.07, 6.45) is 1.03. The monoisotopic (exact) mass is 269 g/mol. The van der Waals surface area contributed by atoms with Gasteiger partial charge in [-0.25, -0.2) is 4.79 Å². The van der Waals surface area contributed by atoms with Crippen LogP contribution in [0.1, 0.15) is 12.0 Å². The molecule has 0 bridgehead atoms. The Bertz CT molecular complexity index is 394. The first kappa shape index (κ1) is 14.8. The maximum Gasteiger partial charge on any atom is 0.321 e. The first-order chi connectivity index (χ1) is 8.19. The molecule has 1 unspecified atom stereocenters. The van der Waals surface area contributed by atoms with Gasteiger partial charge in [-0.1, -0.05) is 17.7 Å². The van der Waals surface area contributed by atoms with Crippen LogP contribution in [0.25, 0.3) is 0 Å². The Kier molecular flexibility index (Phi) is 5.44. The Morgan fingerprint density at radius 2 is 2.00 bits per heavy atom. The lowest BCUT2D eigenvalue weighted by molar-refractivity contribution is 0.221. The first-order valence-corrected chi connectivity index (χ1v) is 5.99. The zero-order valence-corrected chi connectivity index (χ0v) is 11.6. The third kappa shape index (κ3) is 3.62. The van der Waals surface area contributed by atoms with Crippen LogP contribution in [-0.4, -0.2) is 37.1 Å². The molecule has 1 saturated heterocycles. The van der Waals surface area contributed by atoms with E-state index in [0.717, 1.165) is 25.2 Å². The molecule has 2 N–H and O–H groups in total. The number of halogens is 1. The zero-order chi connectivity index (χ0) is 12.3. The topological polar surface area (TPSA) is 44.4 Å². The number of likely N-dealkylation sites (tertiary alicyclic amines) is 1. The lowest BCUT2D eigenvalue weighted by Crippen LogP contribution is -2.36. The van der Waals surface area contributed by atoms with E-state index in [0.29, 0.717) is 6.04 Å². The van der Waals surface area contributed by atoms with E-state index in [2.05, 4.69) is 10.6 Å². The minimum absolute atomic E-state index is 0. The Morgan fingerprint density at radius 1 is 1.33 bits per heavy atom. The molecule has 18 heavy (non-hydrogen) atoms. The van der Waals surface area contributed by atoms with Gasteiger partial charge in [-0.05, 0) is 32.5 Å². The fourth-order valence-electron chi connectivity index (χ4n) is 2.02. The normalized spacial score (nSPS) is 18.3. The summed E-state index contributed by atoms with van der Waals surface area (Å²) in [5, 5.41) is 6.11. The van der Waals surface area contributed by atoms with Gasteiger partial charge in [-0.15, -0.1) is 12.4 Å². The van der Waals surface area contributed by atoms with E-state index in [1.54, 1.807) is 0 Å². The van der Waals surface area contributed by atoms with E-state index in [1.807, 2.05) is 43.1 Å². The summed E-state index contributed by atoms with van der Waals surface area (Å²) >= 11 is 0. The zero-order valence-electron chi connectivity index (χ0n) is 10.8. The Morgan fingerprint density at radius 3 is 2.56 bits per heavy atom. The van der Waals surface area contributed by atoms with Crippen molar-refractivity contribution in [2.45, 2.75) is 19.4 Å². The van der Waals surface area contributed by atoms with E-state index in [9.17, 15) is 4.79 Å². The van der Waals surface area contributed by atoms with E-state index in [4.69, 9.17) is 0 Å². The van der Waals surface area contributed by atoms with Crippen LogP contribution in [0.5, 0.6) is 0 Å². The van der Waals surface area contributed by atoms with Crippen molar-refractivity contribution in [2.75, 3.05) is 25.5 Å². The minimum atomic E-state index is -0.00777. The van der Waals surface area contributed by atoms with E-state index in [-0.39, 0.29) is 18.4 Å². The number of hydrogen-bond donors (Lipinski definition) is 2. The highest BCUT2D eigenvalue weighted by Gasteiger charge is 2.24. The number of aryl methyl sites for hydroxylation is 1. The van der Waals surface area contributed by atoms with Crippen molar-refractivity contribution in [3.63, 3.8) is 0 Å². The standard InChI is InChI=1S/C13H19N3O.ClH/c1-10-3-5-11(6-4-10)15-13(17)16-8-7-12(9-16)14-2;/h3-6,12,14H,7-9H2,1-2H3,(H,15,17);1H. The molecule has 1 atom stereocenters. The van der Waals surface area contributed by atoms with Gasteiger partial charge >= 0.3 is 6.03 Å². The third-order valence-electron chi connectivity index (χ3n) is 3.19. The van der Waals surface area contributed by atoms with Gasteiger partial charge < -0.3 is 15.5 Å². The van der Waals surface area contributed by atoms with Gasteiger partial charge in [0.2, 0.25) is 0 Å². The Hall–Kier alpha value is -1.26. The largest absolute Gasteiger partial charge is 0.323 e. The number of rotatable bonds is 2. The summed E-state index contributed by atoms with van der Waals surface area (Å²) < 4.78 is 0. The number of carbonyl (C=O) groups is 1. The first-order valence-electron chi connectivity index (χ1n) is 5.99. The van der Waals surface area contributed by atoms with Gasteiger partial charge in [0.1, 0.15) is 0 Å². The fourth-order valence-corrected chi connectivity index (χ4v) is 2.02. The molecule has 5 heteroatoms. The average molecular weight is 270 g/mol. The molecule has 2 amide bonds. The molecule has 2 rings (SSSR count). The smallest absolute Gasteiger partial charge is 0.321 e. The molecule has 0 radical (unpaired) electrons. The van der Waals surface area contributed by atoms with Gasteiger partial charge in [0.25, 0.3) is 0 Å². The number of nitrogens with one attached hydrogen (secondary N) is 2. The molecule has 0 aromatic heterocycles. The molecule has 4 nitrogen and oxygen atoms in total. The van der Waals surface area contributed by atoms with Crippen molar-refractivity contribution in [1.82, 2.24) is 10.2 Å². The lowest BCUT2D eigenvalue weighted by Gasteiger charge is -2.17. The van der Waals surface area contributed by atoms with Crippen molar-refractivity contribution >= 4 is 24.1 Å². The number of carbonyl (C=O) groups excluding carboxylic acids is 1. The molecule has 0 aliphatic carbocycles. The summed E-state index contributed by atoms with van der Waals surface area (Å²) in [5.41, 5.74) is 2.05. The third-order valence-corrected chi connectivity index (χ3v) is 3.19. The summed E-state index contributed by atoms with van der Waals surface area (Å²) in [6, 6.07) is 8.27. The van der Waals surface area contributed by atoms with Crippen molar-refractivity contribution in [3.8, 4) is 0 Å². The molecule has 0 saturated carbocycles. The van der Waals surface area contributed by atoms with Gasteiger partial charge in [-0.2, -0.15) is 0 Å². The molecule has 1 aliphatic rings. The molecule has 1 aromatic rings.